The first kappa shape index (κ1) is 38.0. The highest BCUT2D eigenvalue weighted by molar-refractivity contribution is 5.92. The third-order valence-electron chi connectivity index (χ3n) is 7.77. The number of Topliss-reactive ketones (excluding diaryl/α,β-unsaturated/α-hetero) is 1. The summed E-state index contributed by atoms with van der Waals surface area (Å²) < 4.78 is 11.4. The van der Waals surface area contributed by atoms with E-state index in [0.29, 0.717) is 45.2 Å². The van der Waals surface area contributed by atoms with Crippen molar-refractivity contribution in [1.29, 1.82) is 0 Å². The monoisotopic (exact) mass is 634 g/mol. The number of ether oxygens (including phenoxy) is 2. The Kier molecular flexibility index (Phi) is 17.5. The Morgan fingerprint density at radius 3 is 2.33 bits per heavy atom. The van der Waals surface area contributed by atoms with Crippen LogP contribution >= 0.6 is 0 Å². The molecule has 3 amide bonds. The van der Waals surface area contributed by atoms with Gasteiger partial charge in [0, 0.05) is 25.9 Å². The van der Waals surface area contributed by atoms with E-state index in [1.54, 1.807) is 0 Å². The number of nitrogens with one attached hydrogen (secondary N) is 2. The smallest absolute Gasteiger partial charge is 0.247 e. The minimum absolute atomic E-state index is 0.0618. The molecule has 0 bridgehead atoms. The van der Waals surface area contributed by atoms with E-state index in [9.17, 15) is 34.5 Å². The highest BCUT2D eigenvalue weighted by Gasteiger charge is 2.42. The molecule has 1 heterocycles. The Bertz CT molecular complexity index is 1070. The number of aliphatic hydroxyl groups is 3. The molecule has 0 aromatic heterocycles. The Balaban J connectivity index is 1.92. The van der Waals surface area contributed by atoms with Gasteiger partial charge in [-0.15, -0.1) is 0 Å². The molecule has 7 atom stereocenters. The van der Waals surface area contributed by atoms with Gasteiger partial charge in [-0.2, -0.15) is 0 Å². The van der Waals surface area contributed by atoms with Crippen LogP contribution < -0.4 is 22.1 Å². The molecule has 2 unspecified atom stereocenters. The Hall–Kier alpha value is -3.20. The van der Waals surface area contributed by atoms with Crippen molar-refractivity contribution in [3.05, 3.63) is 48.6 Å². The van der Waals surface area contributed by atoms with Gasteiger partial charge in [0.25, 0.3) is 0 Å². The molecular formula is C32H50N4O9. The zero-order valence-electron chi connectivity index (χ0n) is 25.9. The number of aliphatic hydroxyl groups excluding tert-OH is 3. The molecule has 0 aliphatic carbocycles. The molecule has 2 rings (SSSR count). The number of benzene rings is 1. The van der Waals surface area contributed by atoms with E-state index in [4.69, 9.17) is 20.9 Å². The summed E-state index contributed by atoms with van der Waals surface area (Å²) in [7, 11) is 0. The molecule has 252 valence electrons. The summed E-state index contributed by atoms with van der Waals surface area (Å²) in [5.41, 5.74) is 12.9. The summed E-state index contributed by atoms with van der Waals surface area (Å²) >= 11 is 0. The topological polar surface area (TPSA) is 224 Å². The number of ketones is 1. The maximum atomic E-state index is 13.6. The number of carbonyl (C=O) groups excluding carboxylic acids is 4. The number of carbonyl (C=O) groups is 4. The van der Waals surface area contributed by atoms with Crippen LogP contribution in [0.15, 0.2) is 43.0 Å². The number of rotatable bonds is 22. The molecule has 1 fully saturated rings. The van der Waals surface area contributed by atoms with Crippen LogP contribution in [0.1, 0.15) is 63.4 Å². The van der Waals surface area contributed by atoms with Crippen LogP contribution in [0, 0.1) is 5.92 Å². The van der Waals surface area contributed by atoms with E-state index >= 15 is 0 Å². The molecular weight excluding hydrogens is 584 g/mol. The number of hydrogen-bond donors (Lipinski definition) is 7. The Labute approximate surface area is 264 Å². The van der Waals surface area contributed by atoms with E-state index in [1.165, 1.54) is 6.08 Å². The number of nitrogens with two attached hydrogens (primary N) is 2. The van der Waals surface area contributed by atoms with E-state index in [0.717, 1.165) is 18.4 Å². The van der Waals surface area contributed by atoms with Gasteiger partial charge in [0.2, 0.25) is 17.7 Å². The predicted octanol–water partition coefficient (Wildman–Crippen LogP) is -0.0195. The van der Waals surface area contributed by atoms with Crippen molar-refractivity contribution in [2.24, 2.45) is 17.4 Å². The van der Waals surface area contributed by atoms with Gasteiger partial charge in [-0.25, -0.2) is 0 Å². The lowest BCUT2D eigenvalue weighted by atomic mass is 9.85. The molecule has 1 aromatic rings. The minimum atomic E-state index is -1.42. The van der Waals surface area contributed by atoms with Crippen LogP contribution in [-0.2, 0) is 35.1 Å². The highest BCUT2D eigenvalue weighted by Crippen LogP contribution is 2.27. The zero-order chi connectivity index (χ0) is 33.2. The van der Waals surface area contributed by atoms with Crippen molar-refractivity contribution in [3.8, 4) is 0 Å². The summed E-state index contributed by atoms with van der Waals surface area (Å²) in [6.45, 7) is 3.80. The number of unbranched alkanes of at least 4 members (excludes halogenated alkanes) is 4. The van der Waals surface area contributed by atoms with Gasteiger partial charge in [0.05, 0.1) is 24.7 Å². The second-order valence-electron chi connectivity index (χ2n) is 11.3. The third kappa shape index (κ3) is 13.8. The maximum absolute atomic E-state index is 13.6. The van der Waals surface area contributed by atoms with Gasteiger partial charge in [0.1, 0.15) is 18.3 Å². The van der Waals surface area contributed by atoms with Crippen LogP contribution in [-0.4, -0.2) is 95.3 Å². The molecule has 1 aromatic carbocycles. The lowest BCUT2D eigenvalue weighted by Gasteiger charge is -2.38. The first-order valence-corrected chi connectivity index (χ1v) is 15.6. The second-order valence-corrected chi connectivity index (χ2v) is 11.3. The Morgan fingerprint density at radius 1 is 1.02 bits per heavy atom. The van der Waals surface area contributed by atoms with Gasteiger partial charge < -0.3 is 46.9 Å². The molecule has 1 aliphatic heterocycles. The molecule has 0 saturated carbocycles. The van der Waals surface area contributed by atoms with Gasteiger partial charge in [-0.3, -0.25) is 19.2 Å². The minimum Gasteiger partial charge on any atom is -0.394 e. The molecule has 1 saturated heterocycles. The summed E-state index contributed by atoms with van der Waals surface area (Å²) in [6.07, 6.45) is -0.391. The molecule has 9 N–H and O–H groups in total. The molecule has 0 spiro atoms. The zero-order valence-corrected chi connectivity index (χ0v) is 25.9. The SMILES string of the molecule is C=CC(=O)NCCCCCC(=O)NCCCCCC(C(=O)[C@@H](N)Cc1ccccc1)C(O[C@H]1C[C@@H](O)[C@H](O)[C@@H](CO)O1)C(N)=O. The van der Waals surface area contributed by atoms with Crippen LogP contribution in [0.4, 0.5) is 0 Å². The largest absolute Gasteiger partial charge is 0.394 e. The fourth-order valence-electron chi connectivity index (χ4n) is 5.22. The fourth-order valence-corrected chi connectivity index (χ4v) is 5.22. The van der Waals surface area contributed by atoms with E-state index in [-0.39, 0.29) is 31.1 Å². The lowest BCUT2D eigenvalue weighted by Crippen LogP contribution is -2.54. The lowest BCUT2D eigenvalue weighted by molar-refractivity contribution is -0.270. The summed E-state index contributed by atoms with van der Waals surface area (Å²) in [4.78, 5) is 49.5. The van der Waals surface area contributed by atoms with Crippen molar-refractivity contribution in [2.75, 3.05) is 19.7 Å². The standard InChI is InChI=1S/C32H50N4O9/c1-2-26(39)35-16-11-5-9-15-27(40)36-17-10-4-8-14-22(29(41)23(33)18-21-12-6-3-7-13-21)31(32(34)43)45-28-19-24(38)30(42)25(20-37)44-28/h2-3,6-7,12-13,22-25,28,30-31,37-38,42H,1,4-5,8-11,14-20,33H2,(H2,34,43)(H,35,39)(H,36,40)/t22?,23-,24+,25+,28-,30-,31?/m0/s1. The first-order chi connectivity index (χ1) is 21.6. The summed E-state index contributed by atoms with van der Waals surface area (Å²) in [5.74, 6) is -2.60. The summed E-state index contributed by atoms with van der Waals surface area (Å²) in [5, 5.41) is 35.3. The van der Waals surface area contributed by atoms with Crippen LogP contribution in [0.2, 0.25) is 0 Å². The van der Waals surface area contributed by atoms with E-state index in [2.05, 4.69) is 17.2 Å². The van der Waals surface area contributed by atoms with Gasteiger partial charge in [-0.1, -0.05) is 56.2 Å². The van der Waals surface area contributed by atoms with E-state index in [1.807, 2.05) is 30.3 Å². The number of hydrogen-bond acceptors (Lipinski definition) is 10. The quantitative estimate of drug-likeness (QED) is 0.0667. The third-order valence-corrected chi connectivity index (χ3v) is 7.77. The highest BCUT2D eigenvalue weighted by atomic mass is 16.7. The molecule has 0 radical (unpaired) electrons. The molecule has 13 heteroatoms. The Morgan fingerprint density at radius 2 is 1.69 bits per heavy atom. The average molecular weight is 635 g/mol. The van der Waals surface area contributed by atoms with Crippen LogP contribution in [0.3, 0.4) is 0 Å². The van der Waals surface area contributed by atoms with Gasteiger partial charge in [-0.05, 0) is 43.7 Å². The van der Waals surface area contributed by atoms with Crippen molar-refractivity contribution in [1.82, 2.24) is 10.6 Å². The molecule has 1 aliphatic rings. The van der Waals surface area contributed by atoms with Crippen molar-refractivity contribution >= 4 is 23.5 Å². The summed E-state index contributed by atoms with van der Waals surface area (Å²) in [6, 6.07) is 8.28. The van der Waals surface area contributed by atoms with Crippen molar-refractivity contribution in [2.45, 2.75) is 101 Å². The molecule has 13 nitrogen and oxygen atoms in total. The fraction of sp³-hybridized carbons (Fsp3) is 0.625. The van der Waals surface area contributed by atoms with Crippen LogP contribution in [0.5, 0.6) is 0 Å². The average Bonchev–Trinajstić information content (AvgIpc) is 3.02. The van der Waals surface area contributed by atoms with E-state index < -0.39 is 61.0 Å². The van der Waals surface area contributed by atoms with Gasteiger partial charge in [0.15, 0.2) is 12.1 Å². The number of primary amides is 1. The van der Waals surface area contributed by atoms with Gasteiger partial charge >= 0.3 is 0 Å². The maximum Gasteiger partial charge on any atom is 0.247 e. The second kappa shape index (κ2) is 20.8. The predicted molar refractivity (Wildman–Crippen MR) is 166 cm³/mol. The van der Waals surface area contributed by atoms with Crippen molar-refractivity contribution < 1.29 is 44.0 Å². The normalized spacial score (nSPS) is 21.7. The first-order valence-electron chi connectivity index (χ1n) is 15.6. The number of amides is 3. The van der Waals surface area contributed by atoms with Crippen LogP contribution in [0.25, 0.3) is 0 Å². The molecule has 45 heavy (non-hydrogen) atoms. The van der Waals surface area contributed by atoms with Crippen molar-refractivity contribution in [3.63, 3.8) is 0 Å².